The Morgan fingerprint density at radius 2 is 1.84 bits per heavy atom. The molecule has 3 heterocycles. The summed E-state index contributed by atoms with van der Waals surface area (Å²) in [6.07, 6.45) is 7.44. The second kappa shape index (κ2) is 5.34. The number of rotatable bonds is 4. The van der Waals surface area contributed by atoms with Crippen LogP contribution in [-0.4, -0.2) is 56.5 Å². The van der Waals surface area contributed by atoms with Crippen LogP contribution >= 0.6 is 0 Å². The molecule has 1 N–H and O–H groups in total. The van der Waals surface area contributed by atoms with Crippen LogP contribution in [0.3, 0.4) is 0 Å². The van der Waals surface area contributed by atoms with E-state index in [4.69, 9.17) is 0 Å². The van der Waals surface area contributed by atoms with Crippen LogP contribution in [0.15, 0.2) is 0 Å². The summed E-state index contributed by atoms with van der Waals surface area (Å²) in [7, 11) is -0.644. The van der Waals surface area contributed by atoms with Gasteiger partial charge in [-0.15, -0.1) is 0 Å². The third-order valence-corrected chi connectivity index (χ3v) is 7.04. The van der Waals surface area contributed by atoms with Crippen molar-refractivity contribution in [3.8, 4) is 0 Å². The molecule has 0 aliphatic carbocycles. The lowest BCUT2D eigenvalue weighted by atomic mass is 9.89. The number of nitrogens with one attached hydrogen (secondary N) is 1. The Morgan fingerprint density at radius 3 is 2.42 bits per heavy atom. The highest BCUT2D eigenvalue weighted by Gasteiger charge is 2.34. The Balaban J connectivity index is 1.45. The van der Waals surface area contributed by atoms with Crippen molar-refractivity contribution < 1.29 is 8.42 Å². The molecule has 3 rings (SSSR count). The lowest BCUT2D eigenvalue weighted by Gasteiger charge is -2.31. The molecule has 3 fully saturated rings. The van der Waals surface area contributed by atoms with Gasteiger partial charge in [-0.1, -0.05) is 0 Å². The summed E-state index contributed by atoms with van der Waals surface area (Å²) in [6.45, 7) is 1.06. The van der Waals surface area contributed by atoms with E-state index in [1.54, 1.807) is 0 Å². The fraction of sp³-hybridized carbons (Fsp3) is 1.00. The van der Waals surface area contributed by atoms with Crippen LogP contribution < -0.4 is 5.32 Å². The molecule has 19 heavy (non-hydrogen) atoms. The van der Waals surface area contributed by atoms with Crippen molar-refractivity contribution in [3.63, 3.8) is 0 Å². The molecule has 0 aromatic heterocycles. The zero-order valence-corrected chi connectivity index (χ0v) is 12.7. The van der Waals surface area contributed by atoms with Gasteiger partial charge in [-0.05, 0) is 58.0 Å². The van der Waals surface area contributed by atoms with Crippen molar-refractivity contribution >= 4 is 9.84 Å². The second-order valence-corrected chi connectivity index (χ2v) is 9.03. The van der Waals surface area contributed by atoms with Crippen LogP contribution in [-0.2, 0) is 9.84 Å². The predicted octanol–water partition coefficient (Wildman–Crippen LogP) is 1.03. The number of sulfone groups is 1. The first-order valence-electron chi connectivity index (χ1n) is 7.68. The van der Waals surface area contributed by atoms with Gasteiger partial charge in [0.25, 0.3) is 0 Å². The molecule has 0 saturated carbocycles. The quantitative estimate of drug-likeness (QED) is 0.838. The van der Waals surface area contributed by atoms with Crippen LogP contribution in [0.25, 0.3) is 0 Å². The maximum atomic E-state index is 11.5. The molecule has 0 aromatic rings. The first-order chi connectivity index (χ1) is 9.02. The van der Waals surface area contributed by atoms with Crippen molar-refractivity contribution in [1.29, 1.82) is 0 Å². The topological polar surface area (TPSA) is 49.4 Å². The summed E-state index contributed by atoms with van der Waals surface area (Å²) in [5, 5.41) is 3.68. The maximum absolute atomic E-state index is 11.5. The van der Waals surface area contributed by atoms with Gasteiger partial charge in [0.15, 0.2) is 9.84 Å². The molecular weight excluding hydrogens is 260 g/mol. The Hall–Kier alpha value is -0.130. The number of piperidine rings is 1. The molecule has 5 heteroatoms. The molecule has 3 aliphatic heterocycles. The van der Waals surface area contributed by atoms with Gasteiger partial charge < -0.3 is 10.2 Å². The largest absolute Gasteiger partial charge is 0.311 e. The van der Waals surface area contributed by atoms with Crippen LogP contribution in [0.2, 0.25) is 0 Å². The van der Waals surface area contributed by atoms with Gasteiger partial charge in [0, 0.05) is 18.1 Å². The van der Waals surface area contributed by atoms with E-state index in [0.717, 1.165) is 31.0 Å². The van der Waals surface area contributed by atoms with E-state index in [1.165, 1.54) is 32.1 Å². The standard InChI is InChI=1S/C14H26N2O2S/c1-16(14-5-7-19(17,18)10-14)6-4-11-8-12-2-3-13(9-11)15-12/h11-15H,2-10H2,1H3. The van der Waals surface area contributed by atoms with Crippen molar-refractivity contribution in [1.82, 2.24) is 10.2 Å². The monoisotopic (exact) mass is 286 g/mol. The van der Waals surface area contributed by atoms with Crippen molar-refractivity contribution in [3.05, 3.63) is 0 Å². The molecule has 2 bridgehead atoms. The Morgan fingerprint density at radius 1 is 1.16 bits per heavy atom. The van der Waals surface area contributed by atoms with E-state index in [2.05, 4.69) is 17.3 Å². The average Bonchev–Trinajstić information content (AvgIpc) is 2.89. The van der Waals surface area contributed by atoms with E-state index < -0.39 is 9.84 Å². The molecule has 0 aromatic carbocycles. The van der Waals surface area contributed by atoms with Gasteiger partial charge >= 0.3 is 0 Å². The summed E-state index contributed by atoms with van der Waals surface area (Å²) >= 11 is 0. The van der Waals surface area contributed by atoms with E-state index >= 15 is 0 Å². The van der Waals surface area contributed by atoms with E-state index in [1.807, 2.05) is 0 Å². The molecule has 3 unspecified atom stereocenters. The number of nitrogens with zero attached hydrogens (tertiary/aromatic N) is 1. The van der Waals surface area contributed by atoms with Gasteiger partial charge in [0.05, 0.1) is 11.5 Å². The van der Waals surface area contributed by atoms with Gasteiger partial charge in [-0.3, -0.25) is 0 Å². The highest BCUT2D eigenvalue weighted by Crippen LogP contribution is 2.32. The normalized spacial score (nSPS) is 40.9. The van der Waals surface area contributed by atoms with Gasteiger partial charge in [-0.25, -0.2) is 8.42 Å². The first-order valence-corrected chi connectivity index (χ1v) is 9.51. The third-order valence-electron chi connectivity index (χ3n) is 5.29. The molecule has 0 amide bonds. The van der Waals surface area contributed by atoms with Crippen molar-refractivity contribution in [2.45, 2.75) is 56.7 Å². The van der Waals surface area contributed by atoms with Crippen molar-refractivity contribution in [2.75, 3.05) is 25.1 Å². The minimum Gasteiger partial charge on any atom is -0.311 e. The molecule has 0 radical (unpaired) electrons. The van der Waals surface area contributed by atoms with Gasteiger partial charge in [0.2, 0.25) is 0 Å². The Labute approximate surface area is 116 Å². The lowest BCUT2D eigenvalue weighted by Crippen LogP contribution is -2.40. The summed E-state index contributed by atoms with van der Waals surface area (Å²) in [5.74, 6) is 1.61. The lowest BCUT2D eigenvalue weighted by molar-refractivity contribution is 0.212. The first kappa shape index (κ1) is 13.8. The highest BCUT2D eigenvalue weighted by atomic mass is 32.2. The Bertz CT molecular complexity index is 411. The van der Waals surface area contributed by atoms with Crippen LogP contribution in [0.5, 0.6) is 0 Å². The predicted molar refractivity (Wildman–Crippen MR) is 77.0 cm³/mol. The van der Waals surface area contributed by atoms with E-state index in [9.17, 15) is 8.42 Å². The van der Waals surface area contributed by atoms with E-state index in [-0.39, 0.29) is 6.04 Å². The number of hydrogen-bond acceptors (Lipinski definition) is 4. The summed E-state index contributed by atoms with van der Waals surface area (Å²) in [6, 6.07) is 1.80. The molecule has 3 atom stereocenters. The van der Waals surface area contributed by atoms with Crippen LogP contribution in [0.4, 0.5) is 0 Å². The fourth-order valence-electron chi connectivity index (χ4n) is 4.10. The summed E-state index contributed by atoms with van der Waals surface area (Å²) in [4.78, 5) is 2.29. The summed E-state index contributed by atoms with van der Waals surface area (Å²) in [5.41, 5.74) is 0. The zero-order valence-electron chi connectivity index (χ0n) is 11.8. The Kier molecular flexibility index (Phi) is 3.89. The van der Waals surface area contributed by atoms with Gasteiger partial charge in [-0.2, -0.15) is 0 Å². The molecule has 0 spiro atoms. The maximum Gasteiger partial charge on any atom is 0.151 e. The summed E-state index contributed by atoms with van der Waals surface area (Å²) < 4.78 is 23.0. The average molecular weight is 286 g/mol. The number of hydrogen-bond donors (Lipinski definition) is 1. The number of fused-ring (bicyclic) bond motifs is 2. The van der Waals surface area contributed by atoms with Gasteiger partial charge in [0.1, 0.15) is 0 Å². The van der Waals surface area contributed by atoms with Crippen LogP contribution in [0.1, 0.15) is 38.5 Å². The zero-order chi connectivity index (χ0) is 13.5. The fourth-order valence-corrected chi connectivity index (χ4v) is 5.91. The minimum atomic E-state index is -2.74. The van der Waals surface area contributed by atoms with Crippen molar-refractivity contribution in [2.24, 2.45) is 5.92 Å². The second-order valence-electron chi connectivity index (χ2n) is 6.80. The third kappa shape index (κ3) is 3.31. The molecular formula is C14H26N2O2S. The van der Waals surface area contributed by atoms with Crippen LogP contribution in [0, 0.1) is 5.92 Å². The molecule has 3 saturated heterocycles. The van der Waals surface area contributed by atoms with E-state index in [0.29, 0.717) is 11.5 Å². The molecule has 4 nitrogen and oxygen atoms in total. The highest BCUT2D eigenvalue weighted by molar-refractivity contribution is 7.91. The SMILES string of the molecule is CN(CCC1CC2CCC(C1)N2)C1CCS(=O)(=O)C1. The minimum absolute atomic E-state index is 0.267. The molecule has 3 aliphatic rings. The smallest absolute Gasteiger partial charge is 0.151 e. The molecule has 110 valence electrons.